The molecule has 0 saturated heterocycles. The predicted molar refractivity (Wildman–Crippen MR) is 169 cm³/mol. The summed E-state index contributed by atoms with van der Waals surface area (Å²) in [4.78, 5) is 9.68. The van der Waals surface area contributed by atoms with Gasteiger partial charge >= 0.3 is 0 Å². The summed E-state index contributed by atoms with van der Waals surface area (Å²) in [5.41, 5.74) is 10.9. The lowest BCUT2D eigenvalue weighted by atomic mass is 9.99. The van der Waals surface area contributed by atoms with Crippen molar-refractivity contribution in [3.05, 3.63) is 145 Å². The first-order valence-corrected chi connectivity index (χ1v) is 13.9. The van der Waals surface area contributed by atoms with Crippen LogP contribution in [-0.4, -0.2) is 14.5 Å². The second kappa shape index (κ2) is 9.61. The van der Waals surface area contributed by atoms with Gasteiger partial charge in [0.25, 0.3) is 0 Å². The molecule has 8 rings (SSSR count). The molecule has 7 aromatic rings. The smallest absolute Gasteiger partial charge is 0.0899 e. The van der Waals surface area contributed by atoms with Crippen LogP contribution in [0.1, 0.15) is 11.3 Å². The molecule has 1 N–H and O–H groups in total. The molecule has 4 heterocycles. The monoisotopic (exact) mass is 526 g/mol. The lowest BCUT2D eigenvalue weighted by Gasteiger charge is -2.14. The fraction of sp³-hybridized carbons (Fsp3) is 0.0270. The summed E-state index contributed by atoms with van der Waals surface area (Å²) in [6.45, 7) is 0.836. The van der Waals surface area contributed by atoms with Crippen LogP contribution in [0.5, 0.6) is 0 Å². The van der Waals surface area contributed by atoms with Crippen LogP contribution in [-0.2, 0) is 6.54 Å². The first kappa shape index (κ1) is 23.4. The standard InChI is InChI=1S/C37H26N4/c1-2-8-27-21-28(13-12-25(27)7-1)34-22-29(23-35(40-34)33-10-5-6-19-39-33)26-14-16-30(17-15-26)41-36-11-4-3-9-31(36)32-24-38-20-18-37(32)41/h1-23,38H,24H2. The molecule has 1 aliphatic heterocycles. The van der Waals surface area contributed by atoms with Gasteiger partial charge in [0.1, 0.15) is 0 Å². The maximum Gasteiger partial charge on any atom is 0.0899 e. The van der Waals surface area contributed by atoms with E-state index in [9.17, 15) is 0 Å². The van der Waals surface area contributed by atoms with Crippen LogP contribution < -0.4 is 5.32 Å². The predicted octanol–water partition coefficient (Wildman–Crippen LogP) is 8.65. The van der Waals surface area contributed by atoms with E-state index in [2.05, 4.69) is 124 Å². The van der Waals surface area contributed by atoms with Gasteiger partial charge in [-0.1, -0.05) is 72.8 Å². The lowest BCUT2D eigenvalue weighted by Crippen LogP contribution is -2.10. The molecule has 0 radical (unpaired) electrons. The molecule has 0 saturated carbocycles. The third kappa shape index (κ3) is 4.09. The normalized spacial score (nSPS) is 12.4. The van der Waals surface area contributed by atoms with Crippen molar-refractivity contribution in [2.24, 2.45) is 0 Å². The minimum Gasteiger partial charge on any atom is -0.387 e. The van der Waals surface area contributed by atoms with Gasteiger partial charge in [-0.05, 0) is 82.7 Å². The third-order valence-electron chi connectivity index (χ3n) is 7.91. The van der Waals surface area contributed by atoms with Gasteiger partial charge in [-0.15, -0.1) is 0 Å². The molecule has 1 aliphatic rings. The van der Waals surface area contributed by atoms with Crippen molar-refractivity contribution in [3.63, 3.8) is 0 Å². The van der Waals surface area contributed by atoms with E-state index < -0.39 is 0 Å². The SMILES string of the molecule is C1=Cc2c(c3ccccc3n2-c2ccc(-c3cc(-c4ccc5ccccc5c4)nc(-c4ccccn4)c3)cc2)CN1. The number of fused-ring (bicyclic) bond motifs is 4. The Bertz CT molecular complexity index is 2090. The van der Waals surface area contributed by atoms with Gasteiger partial charge in [-0.25, -0.2) is 4.98 Å². The van der Waals surface area contributed by atoms with Crippen LogP contribution in [0.2, 0.25) is 0 Å². The molecule has 3 aromatic heterocycles. The van der Waals surface area contributed by atoms with Gasteiger partial charge < -0.3 is 9.88 Å². The van der Waals surface area contributed by atoms with E-state index in [4.69, 9.17) is 4.98 Å². The molecule has 0 unspecified atom stereocenters. The van der Waals surface area contributed by atoms with E-state index in [0.29, 0.717) is 0 Å². The molecule has 0 aliphatic carbocycles. The number of benzene rings is 4. The average molecular weight is 527 g/mol. The number of hydrogen-bond acceptors (Lipinski definition) is 3. The minimum absolute atomic E-state index is 0.836. The average Bonchev–Trinajstić information content (AvgIpc) is 3.39. The van der Waals surface area contributed by atoms with Crippen molar-refractivity contribution in [1.82, 2.24) is 19.9 Å². The summed E-state index contributed by atoms with van der Waals surface area (Å²) >= 11 is 0. The minimum atomic E-state index is 0.836. The molecule has 0 spiro atoms. The molecule has 41 heavy (non-hydrogen) atoms. The first-order valence-electron chi connectivity index (χ1n) is 13.9. The van der Waals surface area contributed by atoms with E-state index in [1.807, 2.05) is 30.6 Å². The van der Waals surface area contributed by atoms with Crippen molar-refractivity contribution in [2.45, 2.75) is 6.54 Å². The maximum absolute atomic E-state index is 5.07. The van der Waals surface area contributed by atoms with E-state index in [0.717, 1.165) is 46.0 Å². The molecular formula is C37H26N4. The van der Waals surface area contributed by atoms with E-state index in [1.165, 1.54) is 32.9 Å². The Morgan fingerprint density at radius 1 is 0.610 bits per heavy atom. The van der Waals surface area contributed by atoms with Crippen molar-refractivity contribution >= 4 is 27.8 Å². The Kier molecular flexibility index (Phi) is 5.49. The summed E-state index contributed by atoms with van der Waals surface area (Å²) in [5.74, 6) is 0. The van der Waals surface area contributed by atoms with Crippen LogP contribution in [0.15, 0.2) is 134 Å². The number of hydrogen-bond donors (Lipinski definition) is 1. The highest BCUT2D eigenvalue weighted by Gasteiger charge is 2.18. The van der Waals surface area contributed by atoms with E-state index >= 15 is 0 Å². The van der Waals surface area contributed by atoms with Gasteiger partial charge in [0.05, 0.1) is 28.3 Å². The summed E-state index contributed by atoms with van der Waals surface area (Å²) in [6.07, 6.45) is 6.03. The molecule has 4 heteroatoms. The van der Waals surface area contributed by atoms with Gasteiger partial charge in [0.15, 0.2) is 0 Å². The zero-order valence-corrected chi connectivity index (χ0v) is 22.3. The van der Waals surface area contributed by atoms with Crippen molar-refractivity contribution < 1.29 is 0 Å². The van der Waals surface area contributed by atoms with Crippen LogP contribution in [0.3, 0.4) is 0 Å². The maximum atomic E-state index is 5.07. The fourth-order valence-electron chi connectivity index (χ4n) is 5.91. The number of para-hydroxylation sites is 1. The van der Waals surface area contributed by atoms with Crippen molar-refractivity contribution in [2.75, 3.05) is 0 Å². The van der Waals surface area contributed by atoms with Crippen molar-refractivity contribution in [1.29, 1.82) is 0 Å². The Labute approximate surface area is 238 Å². The van der Waals surface area contributed by atoms with Gasteiger partial charge in [0.2, 0.25) is 0 Å². The highest BCUT2D eigenvalue weighted by atomic mass is 15.0. The molecular weight excluding hydrogens is 500 g/mol. The van der Waals surface area contributed by atoms with Crippen LogP contribution in [0.4, 0.5) is 0 Å². The Balaban J connectivity index is 1.26. The van der Waals surface area contributed by atoms with Crippen LogP contribution >= 0.6 is 0 Å². The second-order valence-corrected chi connectivity index (χ2v) is 10.4. The number of aromatic nitrogens is 3. The van der Waals surface area contributed by atoms with Crippen LogP contribution in [0, 0.1) is 0 Å². The van der Waals surface area contributed by atoms with Gasteiger partial charge in [0, 0.05) is 34.9 Å². The molecule has 0 bridgehead atoms. The van der Waals surface area contributed by atoms with Gasteiger partial charge in [-0.2, -0.15) is 0 Å². The topological polar surface area (TPSA) is 42.7 Å². The third-order valence-corrected chi connectivity index (χ3v) is 7.91. The molecule has 4 aromatic carbocycles. The zero-order valence-electron chi connectivity index (χ0n) is 22.3. The highest BCUT2D eigenvalue weighted by Crippen LogP contribution is 2.34. The van der Waals surface area contributed by atoms with Gasteiger partial charge in [-0.3, -0.25) is 4.98 Å². The number of nitrogens with one attached hydrogen (secondary N) is 1. The Morgan fingerprint density at radius 3 is 2.27 bits per heavy atom. The second-order valence-electron chi connectivity index (χ2n) is 10.4. The molecule has 0 atom stereocenters. The Morgan fingerprint density at radius 2 is 1.39 bits per heavy atom. The van der Waals surface area contributed by atoms with E-state index in [-0.39, 0.29) is 0 Å². The van der Waals surface area contributed by atoms with Crippen molar-refractivity contribution in [3.8, 4) is 39.5 Å². The lowest BCUT2D eigenvalue weighted by molar-refractivity contribution is 0.855. The number of rotatable bonds is 4. The molecule has 194 valence electrons. The summed E-state index contributed by atoms with van der Waals surface area (Å²) in [5, 5.41) is 7.08. The fourth-order valence-corrected chi connectivity index (χ4v) is 5.91. The largest absolute Gasteiger partial charge is 0.387 e. The number of pyridine rings is 2. The summed E-state index contributed by atoms with van der Waals surface area (Å²) in [6, 6.07) is 42.8. The molecule has 0 amide bonds. The Hall–Kier alpha value is -5.48. The number of nitrogens with zero attached hydrogens (tertiary/aromatic N) is 3. The first-order chi connectivity index (χ1) is 20.3. The van der Waals surface area contributed by atoms with E-state index in [1.54, 1.807) is 0 Å². The van der Waals surface area contributed by atoms with Crippen LogP contribution in [0.25, 0.3) is 67.2 Å². The molecule has 0 fully saturated rings. The quantitative estimate of drug-likeness (QED) is 0.250. The summed E-state index contributed by atoms with van der Waals surface area (Å²) in [7, 11) is 0. The zero-order chi connectivity index (χ0) is 27.2. The summed E-state index contributed by atoms with van der Waals surface area (Å²) < 4.78 is 2.36. The molecule has 4 nitrogen and oxygen atoms in total. The highest BCUT2D eigenvalue weighted by molar-refractivity contribution is 5.91.